The highest BCUT2D eigenvalue weighted by Gasteiger charge is 2.29. The second kappa shape index (κ2) is 11.0. The number of pyridine rings is 1. The second-order valence-corrected chi connectivity index (χ2v) is 11.7. The number of fused-ring (bicyclic) bond motifs is 1. The summed E-state index contributed by atoms with van der Waals surface area (Å²) in [5.41, 5.74) is -0.0170. The van der Waals surface area contributed by atoms with Crippen LogP contribution in [-0.2, 0) is 10.0 Å². The summed E-state index contributed by atoms with van der Waals surface area (Å²) in [6, 6.07) is 14.6. The minimum atomic E-state index is -4.39. The Bertz CT molecular complexity index is 1700. The third-order valence-corrected chi connectivity index (χ3v) is 8.22. The molecule has 1 fully saturated rings. The number of aliphatic hydroxyl groups is 1. The third kappa shape index (κ3) is 5.90. The van der Waals surface area contributed by atoms with Crippen LogP contribution in [0.5, 0.6) is 17.4 Å². The SMILES string of the molecule is CC1(O)CCC(COc2ncc(S(=O)(=O)NC(=O)c3ccccc3Oc3cccc4[nH]ncc34)cc2C#N)CC1. The fraction of sp³-hybridized carbons (Fsp3) is 0.286. The summed E-state index contributed by atoms with van der Waals surface area (Å²) in [7, 11) is -4.39. The zero-order valence-electron chi connectivity index (χ0n) is 21.6. The Labute approximate surface area is 230 Å². The maximum atomic E-state index is 13.1. The van der Waals surface area contributed by atoms with Crippen molar-refractivity contribution in [1.29, 1.82) is 5.26 Å². The first-order valence-corrected chi connectivity index (χ1v) is 14.1. The Hall–Kier alpha value is -4.47. The summed E-state index contributed by atoms with van der Waals surface area (Å²) < 4.78 is 39.9. The molecule has 0 radical (unpaired) electrons. The van der Waals surface area contributed by atoms with Gasteiger partial charge in [-0.3, -0.25) is 9.89 Å². The van der Waals surface area contributed by atoms with Crippen LogP contribution in [0, 0.1) is 17.2 Å². The number of hydrogen-bond acceptors (Lipinski definition) is 9. The molecular formula is C28H27N5O6S. The number of hydrogen-bond donors (Lipinski definition) is 3. The van der Waals surface area contributed by atoms with E-state index in [1.54, 1.807) is 36.5 Å². The topological polar surface area (TPSA) is 167 Å². The maximum absolute atomic E-state index is 13.1. The van der Waals surface area contributed by atoms with Crippen molar-refractivity contribution in [1.82, 2.24) is 19.9 Å². The number of nitrogens with one attached hydrogen (secondary N) is 2. The first kappa shape index (κ1) is 27.1. The van der Waals surface area contributed by atoms with Gasteiger partial charge >= 0.3 is 0 Å². The van der Waals surface area contributed by atoms with E-state index in [4.69, 9.17) is 9.47 Å². The Morgan fingerprint density at radius 2 is 1.93 bits per heavy atom. The van der Waals surface area contributed by atoms with Gasteiger partial charge in [0.15, 0.2) is 0 Å². The molecule has 40 heavy (non-hydrogen) atoms. The molecule has 0 bridgehead atoms. The van der Waals surface area contributed by atoms with E-state index in [0.717, 1.165) is 30.6 Å². The number of ether oxygens (including phenoxy) is 2. The van der Waals surface area contributed by atoms with E-state index < -0.39 is 21.5 Å². The van der Waals surface area contributed by atoms with E-state index in [-0.39, 0.29) is 33.6 Å². The highest BCUT2D eigenvalue weighted by molar-refractivity contribution is 7.90. The lowest BCUT2D eigenvalue weighted by atomic mass is 9.80. The van der Waals surface area contributed by atoms with Crippen molar-refractivity contribution in [2.45, 2.75) is 43.1 Å². The average Bonchev–Trinajstić information content (AvgIpc) is 3.42. The van der Waals surface area contributed by atoms with Crippen LogP contribution in [0.25, 0.3) is 10.9 Å². The van der Waals surface area contributed by atoms with Crippen LogP contribution >= 0.6 is 0 Å². The van der Waals surface area contributed by atoms with Crippen molar-refractivity contribution < 1.29 is 27.8 Å². The van der Waals surface area contributed by atoms with Gasteiger partial charge < -0.3 is 14.6 Å². The molecule has 0 spiro atoms. The quantitative estimate of drug-likeness (QED) is 0.287. The molecule has 4 aromatic rings. The van der Waals surface area contributed by atoms with Crippen LogP contribution in [0.2, 0.25) is 0 Å². The molecule has 5 rings (SSSR count). The molecular weight excluding hydrogens is 534 g/mol. The lowest BCUT2D eigenvalue weighted by Crippen LogP contribution is -2.32. The summed E-state index contributed by atoms with van der Waals surface area (Å²) in [6.07, 6.45) is 5.49. The van der Waals surface area contributed by atoms with Gasteiger partial charge in [-0.15, -0.1) is 0 Å². The first-order chi connectivity index (χ1) is 19.1. The minimum Gasteiger partial charge on any atom is -0.476 e. The van der Waals surface area contributed by atoms with Crippen molar-refractivity contribution in [3.63, 3.8) is 0 Å². The number of aromatic nitrogens is 3. The fourth-order valence-corrected chi connectivity index (χ4v) is 5.50. The van der Waals surface area contributed by atoms with Crippen LogP contribution in [0.3, 0.4) is 0 Å². The molecule has 1 aliphatic rings. The number of carbonyl (C=O) groups is 1. The number of carbonyl (C=O) groups excluding carboxylic acids is 1. The van der Waals surface area contributed by atoms with E-state index in [1.165, 1.54) is 6.07 Å². The van der Waals surface area contributed by atoms with Crippen molar-refractivity contribution >= 4 is 26.8 Å². The van der Waals surface area contributed by atoms with Gasteiger partial charge in [-0.05, 0) is 68.9 Å². The Kier molecular flexibility index (Phi) is 7.42. The molecule has 2 aromatic carbocycles. The van der Waals surface area contributed by atoms with Crippen LogP contribution < -0.4 is 14.2 Å². The Morgan fingerprint density at radius 3 is 2.70 bits per heavy atom. The van der Waals surface area contributed by atoms with Crippen molar-refractivity contribution in [2.24, 2.45) is 5.92 Å². The molecule has 1 amide bonds. The van der Waals surface area contributed by atoms with Crippen LogP contribution in [0.1, 0.15) is 48.5 Å². The fourth-order valence-electron chi connectivity index (χ4n) is 4.57. The molecule has 2 aromatic heterocycles. The molecule has 0 aliphatic heterocycles. The molecule has 11 nitrogen and oxygen atoms in total. The largest absolute Gasteiger partial charge is 0.476 e. The Morgan fingerprint density at radius 1 is 1.18 bits per heavy atom. The molecule has 206 valence electrons. The van der Waals surface area contributed by atoms with Crippen LogP contribution in [0.15, 0.2) is 65.8 Å². The summed E-state index contributed by atoms with van der Waals surface area (Å²) in [6.45, 7) is 2.11. The monoisotopic (exact) mass is 561 g/mol. The van der Waals surface area contributed by atoms with Crippen molar-refractivity contribution in [3.8, 4) is 23.4 Å². The smallest absolute Gasteiger partial charge is 0.268 e. The number of benzene rings is 2. The average molecular weight is 562 g/mol. The van der Waals surface area contributed by atoms with E-state index in [2.05, 4.69) is 15.2 Å². The van der Waals surface area contributed by atoms with Gasteiger partial charge in [0.2, 0.25) is 5.88 Å². The highest BCUT2D eigenvalue weighted by atomic mass is 32.2. The number of rotatable bonds is 8. The molecule has 1 aliphatic carbocycles. The van der Waals surface area contributed by atoms with E-state index >= 15 is 0 Å². The summed E-state index contributed by atoms with van der Waals surface area (Å²) in [5, 5.41) is 27.2. The molecule has 12 heteroatoms. The zero-order chi connectivity index (χ0) is 28.3. The summed E-state index contributed by atoms with van der Waals surface area (Å²) in [4.78, 5) is 16.8. The molecule has 0 atom stereocenters. The zero-order valence-corrected chi connectivity index (χ0v) is 22.4. The standard InChI is InChI=1S/C28H27N5O6S/c1-28(35)11-9-18(10-12-28)17-38-27-19(14-29)13-20(15-30-27)40(36,37)33-26(34)21-5-2-3-7-24(21)39-25-8-4-6-23-22(25)16-31-32-23/h2-8,13,15-16,18,35H,9-12,17H2,1H3,(H,31,32)(H,33,34). The predicted molar refractivity (Wildman–Crippen MR) is 144 cm³/mol. The van der Waals surface area contributed by atoms with Gasteiger partial charge in [0.05, 0.1) is 41.1 Å². The normalized spacial score (nSPS) is 19.1. The van der Waals surface area contributed by atoms with Gasteiger partial charge in [0.25, 0.3) is 15.9 Å². The second-order valence-electron chi connectivity index (χ2n) is 10.0. The number of H-pyrrole nitrogens is 1. The van der Waals surface area contributed by atoms with E-state index in [0.29, 0.717) is 30.6 Å². The lowest BCUT2D eigenvalue weighted by molar-refractivity contribution is 0.00125. The number of nitrogens with zero attached hydrogens (tertiary/aromatic N) is 3. The van der Waals surface area contributed by atoms with E-state index in [1.807, 2.05) is 23.8 Å². The number of sulfonamides is 1. The number of para-hydroxylation sites is 1. The summed E-state index contributed by atoms with van der Waals surface area (Å²) in [5.74, 6) is -0.127. The van der Waals surface area contributed by atoms with Gasteiger partial charge in [0.1, 0.15) is 28.0 Å². The van der Waals surface area contributed by atoms with Crippen LogP contribution in [0.4, 0.5) is 0 Å². The minimum absolute atomic E-state index is 0.00792. The number of amides is 1. The molecule has 0 saturated heterocycles. The number of nitriles is 1. The van der Waals surface area contributed by atoms with Gasteiger partial charge in [-0.2, -0.15) is 10.4 Å². The lowest BCUT2D eigenvalue weighted by Gasteiger charge is -2.32. The van der Waals surface area contributed by atoms with E-state index in [9.17, 15) is 23.6 Å². The highest BCUT2D eigenvalue weighted by Crippen LogP contribution is 2.33. The van der Waals surface area contributed by atoms with Gasteiger partial charge in [-0.1, -0.05) is 18.2 Å². The van der Waals surface area contributed by atoms with Crippen molar-refractivity contribution in [2.75, 3.05) is 6.61 Å². The molecule has 2 heterocycles. The summed E-state index contributed by atoms with van der Waals surface area (Å²) >= 11 is 0. The van der Waals surface area contributed by atoms with Crippen LogP contribution in [-0.4, -0.2) is 46.8 Å². The van der Waals surface area contributed by atoms with Gasteiger partial charge in [-0.25, -0.2) is 18.1 Å². The maximum Gasteiger partial charge on any atom is 0.268 e. The third-order valence-electron chi connectivity index (χ3n) is 6.92. The van der Waals surface area contributed by atoms with Crippen molar-refractivity contribution in [3.05, 3.63) is 72.1 Å². The molecule has 0 unspecified atom stereocenters. The molecule has 3 N–H and O–H groups in total. The first-order valence-electron chi connectivity index (χ1n) is 12.7. The molecule has 1 saturated carbocycles. The van der Waals surface area contributed by atoms with Gasteiger partial charge in [0, 0.05) is 0 Å². The predicted octanol–water partition coefficient (Wildman–Crippen LogP) is 4.06. The number of aromatic amines is 1. The Balaban J connectivity index is 1.30.